The van der Waals surface area contributed by atoms with Gasteiger partial charge in [0, 0.05) is 19.0 Å². The van der Waals surface area contributed by atoms with E-state index in [4.69, 9.17) is 16.3 Å². The highest BCUT2D eigenvalue weighted by molar-refractivity contribution is 6.32. The maximum atomic E-state index is 12.7. The summed E-state index contributed by atoms with van der Waals surface area (Å²) in [7, 11) is 0. The van der Waals surface area contributed by atoms with Gasteiger partial charge in [-0.1, -0.05) is 11.6 Å². The van der Waals surface area contributed by atoms with Crippen LogP contribution < -0.4 is 10.1 Å². The minimum atomic E-state index is -0.340. The number of benzene rings is 1. The van der Waals surface area contributed by atoms with Crippen LogP contribution in [-0.2, 0) is 0 Å². The summed E-state index contributed by atoms with van der Waals surface area (Å²) < 4.78 is 18.1. The summed E-state index contributed by atoms with van der Waals surface area (Å²) in [5, 5.41) is 3.48. The zero-order valence-electron chi connectivity index (χ0n) is 7.59. The molecule has 14 heavy (non-hydrogen) atoms. The van der Waals surface area contributed by atoms with E-state index in [2.05, 4.69) is 5.32 Å². The standard InChI is InChI=1S/C10H11ClFNO/c11-9-3-8(12)1-2-10(9)14-6-7-4-13-5-7/h1-3,7,13H,4-6H2. The third kappa shape index (κ3) is 2.16. The first-order valence-electron chi connectivity index (χ1n) is 4.54. The van der Waals surface area contributed by atoms with Gasteiger partial charge in [-0.25, -0.2) is 4.39 Å². The molecule has 0 amide bonds. The second-order valence-corrected chi connectivity index (χ2v) is 3.82. The fourth-order valence-corrected chi connectivity index (χ4v) is 1.49. The van der Waals surface area contributed by atoms with Crippen LogP contribution in [-0.4, -0.2) is 19.7 Å². The molecule has 0 bridgehead atoms. The fraction of sp³-hybridized carbons (Fsp3) is 0.400. The second-order valence-electron chi connectivity index (χ2n) is 3.41. The van der Waals surface area contributed by atoms with Gasteiger partial charge in [0.2, 0.25) is 0 Å². The molecule has 1 aromatic carbocycles. The molecule has 1 heterocycles. The number of hydrogen-bond donors (Lipinski definition) is 1. The van der Waals surface area contributed by atoms with Crippen molar-refractivity contribution in [3.63, 3.8) is 0 Å². The van der Waals surface area contributed by atoms with Crippen LogP contribution in [0.2, 0.25) is 5.02 Å². The van der Waals surface area contributed by atoms with Crippen LogP contribution in [0.4, 0.5) is 4.39 Å². The molecule has 1 fully saturated rings. The molecular weight excluding hydrogens is 205 g/mol. The SMILES string of the molecule is Fc1ccc(OCC2CNC2)c(Cl)c1. The highest BCUT2D eigenvalue weighted by atomic mass is 35.5. The minimum absolute atomic E-state index is 0.331. The van der Waals surface area contributed by atoms with E-state index in [9.17, 15) is 4.39 Å². The molecule has 0 unspecified atom stereocenters. The molecule has 1 aliphatic rings. The van der Waals surface area contributed by atoms with Crippen molar-refractivity contribution in [1.29, 1.82) is 0 Å². The van der Waals surface area contributed by atoms with Gasteiger partial charge in [-0.15, -0.1) is 0 Å². The van der Waals surface area contributed by atoms with E-state index in [-0.39, 0.29) is 5.82 Å². The van der Waals surface area contributed by atoms with Gasteiger partial charge in [0.1, 0.15) is 11.6 Å². The van der Waals surface area contributed by atoms with Gasteiger partial charge >= 0.3 is 0 Å². The zero-order chi connectivity index (χ0) is 9.97. The van der Waals surface area contributed by atoms with Crippen molar-refractivity contribution >= 4 is 11.6 Å². The van der Waals surface area contributed by atoms with Crippen molar-refractivity contribution < 1.29 is 9.13 Å². The van der Waals surface area contributed by atoms with Gasteiger partial charge in [0.15, 0.2) is 0 Å². The summed E-state index contributed by atoms with van der Waals surface area (Å²) in [6.45, 7) is 2.61. The van der Waals surface area contributed by atoms with Gasteiger partial charge in [0.25, 0.3) is 0 Å². The van der Waals surface area contributed by atoms with Crippen molar-refractivity contribution in [2.24, 2.45) is 5.92 Å². The van der Waals surface area contributed by atoms with Gasteiger partial charge in [-0.2, -0.15) is 0 Å². The minimum Gasteiger partial charge on any atom is -0.492 e. The molecule has 0 atom stereocenters. The summed E-state index contributed by atoms with van der Waals surface area (Å²) in [5.41, 5.74) is 0. The van der Waals surface area contributed by atoms with Crippen LogP contribution in [0.25, 0.3) is 0 Å². The quantitative estimate of drug-likeness (QED) is 0.834. The molecule has 2 rings (SSSR count). The van der Waals surface area contributed by atoms with Crippen LogP contribution in [0.1, 0.15) is 0 Å². The topological polar surface area (TPSA) is 21.3 Å². The Kier molecular flexibility index (Phi) is 2.89. The molecule has 76 valence electrons. The van der Waals surface area contributed by atoms with E-state index in [1.165, 1.54) is 12.1 Å². The zero-order valence-corrected chi connectivity index (χ0v) is 8.35. The van der Waals surface area contributed by atoms with E-state index in [1.807, 2.05) is 0 Å². The number of nitrogens with one attached hydrogen (secondary N) is 1. The number of hydrogen-bond acceptors (Lipinski definition) is 2. The Hall–Kier alpha value is -0.800. The Morgan fingerprint density at radius 2 is 2.29 bits per heavy atom. The molecule has 0 spiro atoms. The summed E-state index contributed by atoms with van der Waals surface area (Å²) in [6, 6.07) is 4.17. The summed E-state index contributed by atoms with van der Waals surface area (Å²) >= 11 is 5.79. The molecule has 1 aromatic rings. The molecule has 1 aliphatic heterocycles. The van der Waals surface area contributed by atoms with Crippen LogP contribution in [0, 0.1) is 11.7 Å². The van der Waals surface area contributed by atoms with Crippen molar-refractivity contribution in [2.45, 2.75) is 0 Å². The summed E-state index contributed by atoms with van der Waals surface area (Å²) in [6.07, 6.45) is 0. The van der Waals surface area contributed by atoms with Gasteiger partial charge < -0.3 is 10.1 Å². The molecule has 1 saturated heterocycles. The number of rotatable bonds is 3. The lowest BCUT2D eigenvalue weighted by atomic mass is 10.1. The van der Waals surface area contributed by atoms with Crippen LogP contribution in [0.3, 0.4) is 0 Å². The Balaban J connectivity index is 1.94. The van der Waals surface area contributed by atoms with Crippen LogP contribution in [0.5, 0.6) is 5.75 Å². The lowest BCUT2D eigenvalue weighted by Crippen LogP contribution is -2.45. The Bertz CT molecular complexity index is 328. The highest BCUT2D eigenvalue weighted by Crippen LogP contribution is 2.25. The van der Waals surface area contributed by atoms with Gasteiger partial charge in [-0.05, 0) is 18.2 Å². The first-order chi connectivity index (χ1) is 6.75. The van der Waals surface area contributed by atoms with Crippen molar-refractivity contribution in [3.8, 4) is 5.75 Å². The fourth-order valence-electron chi connectivity index (χ4n) is 1.27. The maximum absolute atomic E-state index is 12.7. The molecule has 1 N–H and O–H groups in total. The lowest BCUT2D eigenvalue weighted by molar-refractivity contribution is 0.199. The Labute approximate surface area is 87.0 Å². The largest absolute Gasteiger partial charge is 0.492 e. The first-order valence-corrected chi connectivity index (χ1v) is 4.92. The molecule has 0 radical (unpaired) electrons. The number of halogens is 2. The highest BCUT2D eigenvalue weighted by Gasteiger charge is 2.17. The van der Waals surface area contributed by atoms with Crippen molar-refractivity contribution in [1.82, 2.24) is 5.32 Å². The molecule has 0 aliphatic carbocycles. The molecule has 4 heteroatoms. The van der Waals surface area contributed by atoms with Crippen LogP contribution in [0.15, 0.2) is 18.2 Å². The van der Waals surface area contributed by atoms with E-state index < -0.39 is 0 Å². The third-order valence-electron chi connectivity index (χ3n) is 2.23. The average molecular weight is 216 g/mol. The van der Waals surface area contributed by atoms with E-state index in [1.54, 1.807) is 6.07 Å². The van der Waals surface area contributed by atoms with E-state index in [0.29, 0.717) is 23.3 Å². The molecule has 2 nitrogen and oxygen atoms in total. The average Bonchev–Trinajstić information content (AvgIpc) is 2.05. The smallest absolute Gasteiger partial charge is 0.138 e. The van der Waals surface area contributed by atoms with Crippen LogP contribution >= 0.6 is 11.6 Å². The second kappa shape index (κ2) is 4.15. The maximum Gasteiger partial charge on any atom is 0.138 e. The molecule has 0 aromatic heterocycles. The van der Waals surface area contributed by atoms with E-state index in [0.717, 1.165) is 13.1 Å². The third-order valence-corrected chi connectivity index (χ3v) is 2.53. The predicted octanol–water partition coefficient (Wildman–Crippen LogP) is 2.08. The first kappa shape index (κ1) is 9.74. The number of ether oxygens (including phenoxy) is 1. The van der Waals surface area contributed by atoms with Gasteiger partial charge in [-0.3, -0.25) is 0 Å². The normalized spacial score (nSPS) is 16.4. The monoisotopic (exact) mass is 215 g/mol. The molecule has 0 saturated carbocycles. The lowest BCUT2D eigenvalue weighted by Gasteiger charge is -2.26. The summed E-state index contributed by atoms with van der Waals surface area (Å²) in [5.74, 6) is 0.767. The Morgan fingerprint density at radius 1 is 1.50 bits per heavy atom. The van der Waals surface area contributed by atoms with Crippen molar-refractivity contribution in [2.75, 3.05) is 19.7 Å². The Morgan fingerprint density at radius 3 is 2.86 bits per heavy atom. The summed E-state index contributed by atoms with van der Waals surface area (Å²) in [4.78, 5) is 0. The van der Waals surface area contributed by atoms with E-state index >= 15 is 0 Å². The molecular formula is C10H11ClFNO. The van der Waals surface area contributed by atoms with Gasteiger partial charge in [0.05, 0.1) is 11.6 Å². The van der Waals surface area contributed by atoms with Crippen molar-refractivity contribution in [3.05, 3.63) is 29.0 Å². The predicted molar refractivity (Wildman–Crippen MR) is 53.3 cm³/mol.